The minimum atomic E-state index is -2.95. The normalized spacial score (nSPS) is 23.2. The summed E-state index contributed by atoms with van der Waals surface area (Å²) in [5.41, 5.74) is 1.04. The van der Waals surface area contributed by atoms with E-state index in [0.717, 1.165) is 25.1 Å². The quantitative estimate of drug-likeness (QED) is 0.672. The first-order chi connectivity index (χ1) is 5.88. The second-order valence-electron chi connectivity index (χ2n) is 3.92. The molecule has 4 heteroatoms. The Bertz CT molecular complexity index is 304. The summed E-state index contributed by atoms with van der Waals surface area (Å²) in [5.74, 6) is 0. The van der Waals surface area contributed by atoms with Crippen LogP contribution in [0.2, 0.25) is 0 Å². The van der Waals surface area contributed by atoms with Crippen molar-refractivity contribution in [2.24, 2.45) is 0 Å². The summed E-state index contributed by atoms with van der Waals surface area (Å²) < 4.78 is 21.9. The zero-order valence-electron chi connectivity index (χ0n) is 8.45. The van der Waals surface area contributed by atoms with E-state index in [9.17, 15) is 8.42 Å². The molecule has 1 rings (SSSR count). The second-order valence-corrected chi connectivity index (χ2v) is 5.81. The molecule has 0 amide bonds. The Morgan fingerprint density at radius 3 is 2.46 bits per heavy atom. The molecule has 1 aliphatic heterocycles. The van der Waals surface area contributed by atoms with Crippen LogP contribution < -0.4 is 0 Å². The first-order valence-corrected chi connectivity index (χ1v) is 6.47. The van der Waals surface area contributed by atoms with Crippen molar-refractivity contribution >= 4 is 9.84 Å². The molecule has 1 aliphatic rings. The molecule has 0 aromatic heterocycles. The predicted octanol–water partition coefficient (Wildman–Crippen LogP) is 1.03. The standard InChI is InChI=1S/C9H17NO2S/c1-8(2)10-5-4-9(6-10)7-13(3,11)12/h7-8H,4-6H2,1-3H3/b9-7+. The Labute approximate surface area is 80.3 Å². The molecule has 76 valence electrons. The molecule has 0 unspecified atom stereocenters. The van der Waals surface area contributed by atoms with Crippen LogP contribution in [0.15, 0.2) is 11.0 Å². The molecule has 1 saturated heterocycles. The summed E-state index contributed by atoms with van der Waals surface area (Å²) in [6, 6.07) is 0.505. The van der Waals surface area contributed by atoms with Crippen LogP contribution in [0.4, 0.5) is 0 Å². The van der Waals surface area contributed by atoms with E-state index in [4.69, 9.17) is 0 Å². The van der Waals surface area contributed by atoms with Crippen molar-refractivity contribution in [1.82, 2.24) is 4.90 Å². The third kappa shape index (κ3) is 3.48. The van der Waals surface area contributed by atoms with Crippen LogP contribution >= 0.6 is 0 Å². The number of hydrogen-bond donors (Lipinski definition) is 0. The lowest BCUT2D eigenvalue weighted by atomic mass is 10.3. The molecule has 0 radical (unpaired) electrons. The number of likely N-dealkylation sites (tertiary alicyclic amines) is 1. The highest BCUT2D eigenvalue weighted by Gasteiger charge is 2.19. The maximum Gasteiger partial charge on any atom is 0.168 e. The van der Waals surface area contributed by atoms with E-state index < -0.39 is 9.84 Å². The average Bonchev–Trinajstić information content (AvgIpc) is 2.31. The van der Waals surface area contributed by atoms with E-state index in [-0.39, 0.29) is 0 Å². The number of sulfone groups is 1. The van der Waals surface area contributed by atoms with Gasteiger partial charge in [0, 0.05) is 30.8 Å². The summed E-state index contributed by atoms with van der Waals surface area (Å²) in [7, 11) is -2.95. The fraction of sp³-hybridized carbons (Fsp3) is 0.778. The maximum atomic E-state index is 11.0. The number of hydrogen-bond acceptors (Lipinski definition) is 3. The Kier molecular flexibility index (Phi) is 3.14. The smallest absolute Gasteiger partial charge is 0.168 e. The lowest BCUT2D eigenvalue weighted by Gasteiger charge is -2.18. The highest BCUT2D eigenvalue weighted by molar-refractivity contribution is 7.93. The lowest BCUT2D eigenvalue weighted by Crippen LogP contribution is -2.27. The number of rotatable bonds is 2. The molecule has 3 nitrogen and oxygen atoms in total. The van der Waals surface area contributed by atoms with Crippen LogP contribution in [0, 0.1) is 0 Å². The van der Waals surface area contributed by atoms with Crippen molar-refractivity contribution in [3.8, 4) is 0 Å². The maximum absolute atomic E-state index is 11.0. The van der Waals surface area contributed by atoms with Gasteiger partial charge in [0.05, 0.1) is 0 Å². The third-order valence-corrected chi connectivity index (χ3v) is 3.00. The van der Waals surface area contributed by atoms with Gasteiger partial charge in [-0.15, -0.1) is 0 Å². The molecule has 0 aliphatic carbocycles. The molecule has 0 N–H and O–H groups in total. The zero-order valence-corrected chi connectivity index (χ0v) is 9.26. The van der Waals surface area contributed by atoms with Gasteiger partial charge in [-0.3, -0.25) is 4.90 Å². The summed E-state index contributed by atoms with van der Waals surface area (Å²) in [4.78, 5) is 2.27. The molecule has 0 spiro atoms. The van der Waals surface area contributed by atoms with Crippen LogP contribution in [0.1, 0.15) is 20.3 Å². The van der Waals surface area contributed by atoms with E-state index >= 15 is 0 Å². The summed E-state index contributed by atoms with van der Waals surface area (Å²) in [6.45, 7) is 6.05. The fourth-order valence-corrected chi connectivity index (χ4v) is 2.34. The topological polar surface area (TPSA) is 37.4 Å². The molecule has 1 heterocycles. The van der Waals surface area contributed by atoms with Gasteiger partial charge >= 0.3 is 0 Å². The summed E-state index contributed by atoms with van der Waals surface area (Å²) >= 11 is 0. The highest BCUT2D eigenvalue weighted by atomic mass is 32.2. The minimum Gasteiger partial charge on any atom is -0.297 e. The van der Waals surface area contributed by atoms with Crippen molar-refractivity contribution in [3.05, 3.63) is 11.0 Å². The molecule has 1 fully saturated rings. The first-order valence-electron chi connectivity index (χ1n) is 4.52. The van der Waals surface area contributed by atoms with Crippen molar-refractivity contribution in [2.75, 3.05) is 19.3 Å². The van der Waals surface area contributed by atoms with Gasteiger partial charge in [-0.25, -0.2) is 8.42 Å². The predicted molar refractivity (Wildman–Crippen MR) is 54.3 cm³/mol. The van der Waals surface area contributed by atoms with E-state index in [1.807, 2.05) is 0 Å². The molecule has 0 bridgehead atoms. The highest BCUT2D eigenvalue weighted by Crippen LogP contribution is 2.18. The van der Waals surface area contributed by atoms with Crippen molar-refractivity contribution in [3.63, 3.8) is 0 Å². The summed E-state index contributed by atoms with van der Waals surface area (Å²) in [6.07, 6.45) is 2.14. The van der Waals surface area contributed by atoms with Crippen molar-refractivity contribution in [2.45, 2.75) is 26.3 Å². The van der Waals surface area contributed by atoms with Crippen molar-refractivity contribution in [1.29, 1.82) is 0 Å². The molecule has 0 atom stereocenters. The first kappa shape index (κ1) is 10.7. The van der Waals surface area contributed by atoms with Crippen LogP contribution in [-0.4, -0.2) is 38.7 Å². The second kappa shape index (κ2) is 3.80. The molecule has 0 saturated carbocycles. The molecule has 0 aromatic rings. The fourth-order valence-electron chi connectivity index (χ4n) is 1.55. The Morgan fingerprint density at radius 1 is 1.46 bits per heavy atom. The van der Waals surface area contributed by atoms with Gasteiger partial charge in [0.2, 0.25) is 0 Å². The van der Waals surface area contributed by atoms with Crippen LogP contribution in [0.3, 0.4) is 0 Å². The van der Waals surface area contributed by atoms with Crippen molar-refractivity contribution < 1.29 is 8.42 Å². The van der Waals surface area contributed by atoms with Gasteiger partial charge in [-0.2, -0.15) is 0 Å². The molecule has 0 aromatic carbocycles. The summed E-state index contributed by atoms with van der Waals surface area (Å²) in [5, 5.41) is 1.41. The van der Waals surface area contributed by atoms with Gasteiger partial charge in [-0.1, -0.05) is 0 Å². The van der Waals surface area contributed by atoms with E-state index in [0.29, 0.717) is 6.04 Å². The van der Waals surface area contributed by atoms with Crippen LogP contribution in [0.25, 0.3) is 0 Å². The average molecular weight is 203 g/mol. The molecular weight excluding hydrogens is 186 g/mol. The third-order valence-electron chi connectivity index (χ3n) is 2.24. The van der Waals surface area contributed by atoms with Gasteiger partial charge < -0.3 is 0 Å². The largest absolute Gasteiger partial charge is 0.297 e. The monoisotopic (exact) mass is 203 g/mol. The Morgan fingerprint density at radius 2 is 2.08 bits per heavy atom. The van der Waals surface area contributed by atoms with Gasteiger partial charge in [0.15, 0.2) is 9.84 Å². The Hall–Kier alpha value is -0.350. The minimum absolute atomic E-state index is 0.505. The lowest BCUT2D eigenvalue weighted by molar-refractivity contribution is 0.281. The van der Waals surface area contributed by atoms with E-state index in [1.54, 1.807) is 0 Å². The van der Waals surface area contributed by atoms with Crippen LogP contribution in [-0.2, 0) is 9.84 Å². The van der Waals surface area contributed by atoms with E-state index in [2.05, 4.69) is 18.7 Å². The van der Waals surface area contributed by atoms with Gasteiger partial charge in [-0.05, 0) is 25.8 Å². The SMILES string of the molecule is CC(C)N1CC/C(=C\S(C)(=O)=O)C1. The Balaban J connectivity index is 2.65. The van der Waals surface area contributed by atoms with Gasteiger partial charge in [0.1, 0.15) is 0 Å². The van der Waals surface area contributed by atoms with Crippen LogP contribution in [0.5, 0.6) is 0 Å². The number of nitrogens with zero attached hydrogens (tertiary/aromatic N) is 1. The molecule has 13 heavy (non-hydrogen) atoms. The molecular formula is C9H17NO2S. The van der Waals surface area contributed by atoms with E-state index in [1.165, 1.54) is 11.7 Å². The van der Waals surface area contributed by atoms with Gasteiger partial charge in [0.25, 0.3) is 0 Å². The zero-order chi connectivity index (χ0) is 10.1.